The molecule has 0 bridgehead atoms. The quantitative estimate of drug-likeness (QED) is 0.727. The van der Waals surface area contributed by atoms with Crippen molar-refractivity contribution in [2.75, 3.05) is 7.11 Å². The monoisotopic (exact) mass is 374 g/mol. The number of ketones is 1. The molecule has 1 atom stereocenters. The minimum atomic E-state index is -0.305. The van der Waals surface area contributed by atoms with Crippen LogP contribution in [-0.2, 0) is 11.2 Å². The molecule has 0 aromatic carbocycles. The lowest BCUT2D eigenvalue weighted by molar-refractivity contribution is -0.122. The highest BCUT2D eigenvalue weighted by Gasteiger charge is 2.35. The first-order valence-corrected chi connectivity index (χ1v) is 9.40. The molecule has 0 unspecified atom stereocenters. The Hall–Kier alpha value is -2.25. The Kier molecular flexibility index (Phi) is 5.68. The number of carbonyl (C=O) groups is 2. The molecule has 2 aromatic heterocycles. The van der Waals surface area contributed by atoms with Crippen LogP contribution in [0.3, 0.4) is 0 Å². The molecule has 1 saturated carbocycles. The summed E-state index contributed by atoms with van der Waals surface area (Å²) in [6, 6.07) is 5.22. The van der Waals surface area contributed by atoms with Crippen molar-refractivity contribution >= 4 is 23.0 Å². The maximum Gasteiger partial charge on any atom is 0.224 e. The number of rotatable bonds is 7. The van der Waals surface area contributed by atoms with Crippen LogP contribution < -0.4 is 10.1 Å². The van der Waals surface area contributed by atoms with Gasteiger partial charge in [-0.25, -0.2) is 4.98 Å². The molecule has 1 fully saturated rings. The third-order valence-electron chi connectivity index (χ3n) is 4.63. The van der Waals surface area contributed by atoms with Crippen LogP contribution in [0.5, 0.6) is 5.88 Å². The van der Waals surface area contributed by atoms with Crippen LogP contribution in [-0.4, -0.2) is 35.0 Å². The Morgan fingerprint density at radius 1 is 1.42 bits per heavy atom. The maximum atomic E-state index is 12.5. The van der Waals surface area contributed by atoms with E-state index in [0.717, 1.165) is 11.1 Å². The van der Waals surface area contributed by atoms with Gasteiger partial charge in [0.1, 0.15) is 0 Å². The Morgan fingerprint density at radius 2 is 2.19 bits per heavy atom. The number of pyridine rings is 1. The highest BCUT2D eigenvalue weighted by atomic mass is 32.1. The van der Waals surface area contributed by atoms with Crippen LogP contribution in [0.4, 0.5) is 0 Å². The number of hydrogen-bond acceptors (Lipinski definition) is 6. The summed E-state index contributed by atoms with van der Waals surface area (Å²) in [7, 11) is 1.56. The third kappa shape index (κ3) is 4.28. The van der Waals surface area contributed by atoms with Crippen LogP contribution in [0.1, 0.15) is 46.6 Å². The number of amides is 1. The third-order valence-corrected chi connectivity index (χ3v) is 5.71. The Bertz CT molecular complexity index is 781. The van der Waals surface area contributed by atoms with E-state index in [4.69, 9.17) is 4.74 Å². The van der Waals surface area contributed by atoms with E-state index in [9.17, 15) is 14.7 Å². The number of hydrogen-bond donors (Lipinski definition) is 2. The Balaban J connectivity index is 1.69. The zero-order valence-corrected chi connectivity index (χ0v) is 15.6. The number of Topliss-reactive ketones (excluding diaryl/α,β-unsaturated/α-hetero) is 1. The minimum absolute atomic E-state index is 0.00676. The predicted molar refractivity (Wildman–Crippen MR) is 98.4 cm³/mol. The fraction of sp³-hybridized carbons (Fsp3) is 0.421. The molecule has 7 heteroatoms. The van der Waals surface area contributed by atoms with Crippen molar-refractivity contribution in [2.45, 2.75) is 38.3 Å². The molecule has 2 heterocycles. The van der Waals surface area contributed by atoms with E-state index in [0.29, 0.717) is 23.6 Å². The maximum absolute atomic E-state index is 12.5. The van der Waals surface area contributed by atoms with Crippen molar-refractivity contribution in [1.29, 1.82) is 0 Å². The van der Waals surface area contributed by atoms with Gasteiger partial charge in [0.15, 0.2) is 5.78 Å². The molecule has 1 aliphatic rings. The number of aromatic nitrogens is 1. The molecule has 3 rings (SSSR count). The topological polar surface area (TPSA) is 88.5 Å². The molecule has 1 amide bonds. The molecule has 6 nitrogen and oxygen atoms in total. The lowest BCUT2D eigenvalue weighted by Gasteiger charge is -2.38. The SMILES string of the molecule is COc1ccc([C@H](NC(=O)Cc2csc(C(C)=O)c2)C2CC(O)C2)cn1. The molecule has 0 spiro atoms. The van der Waals surface area contributed by atoms with E-state index in [1.807, 2.05) is 11.4 Å². The molecular weight excluding hydrogens is 352 g/mol. The fourth-order valence-corrected chi connectivity index (χ4v) is 3.95. The van der Waals surface area contributed by atoms with Crippen LogP contribution in [0, 0.1) is 5.92 Å². The van der Waals surface area contributed by atoms with E-state index in [-0.39, 0.29) is 36.2 Å². The van der Waals surface area contributed by atoms with Gasteiger partial charge in [-0.1, -0.05) is 6.07 Å². The molecule has 2 N–H and O–H groups in total. The van der Waals surface area contributed by atoms with Crippen molar-refractivity contribution in [1.82, 2.24) is 10.3 Å². The second-order valence-corrected chi connectivity index (χ2v) is 7.53. The number of carbonyl (C=O) groups excluding carboxylic acids is 2. The molecule has 0 saturated heterocycles. The summed E-state index contributed by atoms with van der Waals surface area (Å²) < 4.78 is 5.08. The zero-order valence-electron chi connectivity index (χ0n) is 14.8. The summed E-state index contributed by atoms with van der Waals surface area (Å²) in [5.74, 6) is 0.592. The zero-order chi connectivity index (χ0) is 18.7. The van der Waals surface area contributed by atoms with Crippen molar-refractivity contribution in [3.05, 3.63) is 45.8 Å². The highest BCUT2D eigenvalue weighted by molar-refractivity contribution is 7.12. The first-order valence-electron chi connectivity index (χ1n) is 8.52. The van der Waals surface area contributed by atoms with Crippen LogP contribution in [0.25, 0.3) is 0 Å². The van der Waals surface area contributed by atoms with E-state index in [1.54, 1.807) is 25.4 Å². The van der Waals surface area contributed by atoms with Gasteiger partial charge in [0, 0.05) is 12.3 Å². The van der Waals surface area contributed by atoms with Gasteiger partial charge in [0.05, 0.1) is 30.6 Å². The van der Waals surface area contributed by atoms with Crippen LogP contribution in [0.15, 0.2) is 29.8 Å². The fourth-order valence-electron chi connectivity index (χ4n) is 3.13. The number of thiophene rings is 1. The second-order valence-electron chi connectivity index (χ2n) is 6.62. The van der Waals surface area contributed by atoms with Gasteiger partial charge in [0.25, 0.3) is 0 Å². The van der Waals surface area contributed by atoms with Crippen molar-refractivity contribution in [2.24, 2.45) is 5.92 Å². The summed E-state index contributed by atoms with van der Waals surface area (Å²) in [6.07, 6.45) is 2.93. The number of ether oxygens (including phenoxy) is 1. The number of methoxy groups -OCH3 is 1. The second kappa shape index (κ2) is 7.97. The molecule has 2 aromatic rings. The molecule has 26 heavy (non-hydrogen) atoms. The average Bonchev–Trinajstić information content (AvgIpc) is 3.06. The van der Waals surface area contributed by atoms with Crippen LogP contribution >= 0.6 is 11.3 Å². The van der Waals surface area contributed by atoms with Crippen LogP contribution in [0.2, 0.25) is 0 Å². The van der Waals surface area contributed by atoms with E-state index in [1.165, 1.54) is 18.3 Å². The predicted octanol–water partition coefficient (Wildman–Crippen LogP) is 2.53. The summed E-state index contributed by atoms with van der Waals surface area (Å²) in [4.78, 5) is 28.8. The lowest BCUT2D eigenvalue weighted by atomic mass is 9.75. The Labute approximate surface area is 156 Å². The summed E-state index contributed by atoms with van der Waals surface area (Å²) in [6.45, 7) is 1.52. The Morgan fingerprint density at radius 3 is 2.73 bits per heavy atom. The summed E-state index contributed by atoms with van der Waals surface area (Å²) in [5, 5.41) is 14.6. The average molecular weight is 374 g/mol. The van der Waals surface area contributed by atoms with E-state index >= 15 is 0 Å². The van der Waals surface area contributed by atoms with Gasteiger partial charge in [-0.2, -0.15) is 0 Å². The largest absolute Gasteiger partial charge is 0.481 e. The molecular formula is C19H22N2O4S. The van der Waals surface area contributed by atoms with Gasteiger partial charge < -0.3 is 15.2 Å². The smallest absolute Gasteiger partial charge is 0.224 e. The van der Waals surface area contributed by atoms with E-state index < -0.39 is 0 Å². The first-order chi connectivity index (χ1) is 12.5. The number of aliphatic hydroxyl groups excluding tert-OH is 1. The highest BCUT2D eigenvalue weighted by Crippen LogP contribution is 2.38. The van der Waals surface area contributed by atoms with Gasteiger partial charge in [-0.3, -0.25) is 9.59 Å². The van der Waals surface area contributed by atoms with Gasteiger partial charge in [-0.15, -0.1) is 11.3 Å². The number of aliphatic hydroxyl groups is 1. The minimum Gasteiger partial charge on any atom is -0.481 e. The number of nitrogens with one attached hydrogen (secondary N) is 1. The van der Waals surface area contributed by atoms with E-state index in [2.05, 4.69) is 10.3 Å². The molecule has 0 aliphatic heterocycles. The van der Waals surface area contributed by atoms with Crippen molar-refractivity contribution in [3.8, 4) is 5.88 Å². The summed E-state index contributed by atoms with van der Waals surface area (Å²) >= 11 is 1.35. The van der Waals surface area contributed by atoms with Crippen molar-refractivity contribution < 1.29 is 19.4 Å². The standard InChI is InChI=1S/C19H22N2O4S/c1-11(22)16-5-12(10-26-16)6-17(24)21-19(14-7-15(23)8-14)13-3-4-18(25-2)20-9-13/h3-5,9-10,14-15,19,23H,6-8H2,1-2H3,(H,21,24)/t14?,15?,19-/m0/s1. The van der Waals surface area contributed by atoms with Crippen molar-refractivity contribution in [3.63, 3.8) is 0 Å². The molecule has 138 valence electrons. The first kappa shape index (κ1) is 18.5. The van der Waals surface area contributed by atoms with Gasteiger partial charge >= 0.3 is 0 Å². The molecule has 1 aliphatic carbocycles. The lowest BCUT2D eigenvalue weighted by Crippen LogP contribution is -2.41. The summed E-state index contributed by atoms with van der Waals surface area (Å²) in [5.41, 5.74) is 1.73. The van der Waals surface area contributed by atoms with Gasteiger partial charge in [-0.05, 0) is 48.3 Å². The molecule has 0 radical (unpaired) electrons. The normalized spacial score (nSPS) is 20.1. The van der Waals surface area contributed by atoms with Gasteiger partial charge in [0.2, 0.25) is 11.8 Å². The number of nitrogens with zero attached hydrogens (tertiary/aromatic N) is 1.